The highest BCUT2D eigenvalue weighted by Crippen LogP contribution is 2.23. The number of nitrogens with two attached hydrogens (primary N) is 1. The SMILES string of the molecule is Cc1cc(N)cn2c(-c3ccc(N(C)C)cc3)nnc12. The predicted octanol–water partition coefficient (Wildman–Crippen LogP) is 2.35. The van der Waals surface area contributed by atoms with E-state index >= 15 is 0 Å². The minimum atomic E-state index is 0.709. The number of hydrogen-bond donors (Lipinski definition) is 1. The number of rotatable bonds is 2. The molecule has 0 spiro atoms. The van der Waals surface area contributed by atoms with Crippen LogP contribution >= 0.6 is 0 Å². The van der Waals surface area contributed by atoms with E-state index in [2.05, 4.69) is 27.2 Å². The van der Waals surface area contributed by atoms with E-state index in [-0.39, 0.29) is 0 Å². The lowest BCUT2D eigenvalue weighted by molar-refractivity contribution is 1.11. The van der Waals surface area contributed by atoms with Crippen molar-refractivity contribution in [1.82, 2.24) is 14.6 Å². The number of aryl methyl sites for hydroxylation is 1. The van der Waals surface area contributed by atoms with Crippen molar-refractivity contribution in [1.29, 1.82) is 0 Å². The van der Waals surface area contributed by atoms with E-state index in [1.165, 1.54) is 0 Å². The lowest BCUT2D eigenvalue weighted by Crippen LogP contribution is -2.08. The molecule has 0 aliphatic rings. The number of benzene rings is 1. The Morgan fingerprint density at radius 2 is 1.80 bits per heavy atom. The summed E-state index contributed by atoms with van der Waals surface area (Å²) in [6, 6.07) is 10.1. The maximum atomic E-state index is 5.91. The third-order valence-electron chi connectivity index (χ3n) is 3.35. The van der Waals surface area contributed by atoms with Crippen LogP contribution in [0.15, 0.2) is 36.5 Å². The predicted molar refractivity (Wildman–Crippen MR) is 81.9 cm³/mol. The number of hydrogen-bond acceptors (Lipinski definition) is 4. The average molecular weight is 267 g/mol. The van der Waals surface area contributed by atoms with Crippen molar-refractivity contribution < 1.29 is 0 Å². The Morgan fingerprint density at radius 1 is 1.10 bits per heavy atom. The summed E-state index contributed by atoms with van der Waals surface area (Å²) in [5.41, 5.74) is 10.7. The van der Waals surface area contributed by atoms with Crippen molar-refractivity contribution in [2.75, 3.05) is 24.7 Å². The van der Waals surface area contributed by atoms with E-state index in [9.17, 15) is 0 Å². The molecule has 2 aromatic heterocycles. The first-order valence-corrected chi connectivity index (χ1v) is 6.45. The van der Waals surface area contributed by atoms with Gasteiger partial charge in [0.1, 0.15) is 0 Å². The highest BCUT2D eigenvalue weighted by atomic mass is 15.2. The molecular weight excluding hydrogens is 250 g/mol. The van der Waals surface area contributed by atoms with Crippen molar-refractivity contribution >= 4 is 17.0 Å². The van der Waals surface area contributed by atoms with Crippen molar-refractivity contribution in [3.05, 3.63) is 42.1 Å². The molecule has 5 heteroatoms. The Morgan fingerprint density at radius 3 is 2.45 bits per heavy atom. The highest BCUT2D eigenvalue weighted by Gasteiger charge is 2.10. The second-order valence-electron chi connectivity index (χ2n) is 5.11. The lowest BCUT2D eigenvalue weighted by Gasteiger charge is -2.12. The molecule has 0 radical (unpaired) electrons. The van der Waals surface area contributed by atoms with Crippen LogP contribution in [0.2, 0.25) is 0 Å². The number of pyridine rings is 1. The topological polar surface area (TPSA) is 59.5 Å². The zero-order valence-electron chi connectivity index (χ0n) is 11.8. The van der Waals surface area contributed by atoms with E-state index in [0.717, 1.165) is 28.3 Å². The van der Waals surface area contributed by atoms with Gasteiger partial charge in [-0.15, -0.1) is 10.2 Å². The van der Waals surface area contributed by atoms with Crippen LogP contribution in [0.1, 0.15) is 5.56 Å². The maximum absolute atomic E-state index is 5.91. The molecule has 0 atom stereocenters. The van der Waals surface area contributed by atoms with Gasteiger partial charge in [-0.05, 0) is 42.8 Å². The maximum Gasteiger partial charge on any atom is 0.168 e. The fraction of sp³-hybridized carbons (Fsp3) is 0.200. The summed E-state index contributed by atoms with van der Waals surface area (Å²) >= 11 is 0. The molecule has 0 saturated carbocycles. The standard InChI is InChI=1S/C15H17N5/c1-10-8-12(16)9-20-14(10)17-18-15(20)11-4-6-13(7-5-11)19(2)3/h4-9H,16H2,1-3H3. The third-order valence-corrected chi connectivity index (χ3v) is 3.35. The molecule has 2 heterocycles. The highest BCUT2D eigenvalue weighted by molar-refractivity contribution is 5.65. The average Bonchev–Trinajstić information content (AvgIpc) is 2.82. The van der Waals surface area contributed by atoms with Crippen LogP contribution in [0.4, 0.5) is 11.4 Å². The summed E-state index contributed by atoms with van der Waals surface area (Å²) in [6.45, 7) is 1.99. The zero-order valence-corrected chi connectivity index (χ0v) is 11.8. The van der Waals surface area contributed by atoms with E-state index in [1.807, 2.05) is 49.8 Å². The largest absolute Gasteiger partial charge is 0.398 e. The second-order valence-corrected chi connectivity index (χ2v) is 5.11. The van der Waals surface area contributed by atoms with Crippen molar-refractivity contribution in [3.8, 4) is 11.4 Å². The van der Waals surface area contributed by atoms with E-state index in [4.69, 9.17) is 5.73 Å². The molecule has 2 N–H and O–H groups in total. The summed E-state index contributed by atoms with van der Waals surface area (Å²) in [6.07, 6.45) is 1.86. The van der Waals surface area contributed by atoms with Crippen LogP contribution in [0.3, 0.4) is 0 Å². The number of aromatic nitrogens is 3. The summed E-state index contributed by atoms with van der Waals surface area (Å²) in [5, 5.41) is 8.53. The molecule has 0 aliphatic heterocycles. The van der Waals surface area contributed by atoms with Gasteiger partial charge in [-0.2, -0.15) is 0 Å². The number of anilines is 2. The van der Waals surface area contributed by atoms with Gasteiger partial charge in [0, 0.05) is 37.2 Å². The fourth-order valence-corrected chi connectivity index (χ4v) is 2.29. The molecule has 20 heavy (non-hydrogen) atoms. The Bertz CT molecular complexity index is 756. The normalized spacial score (nSPS) is 10.9. The van der Waals surface area contributed by atoms with Gasteiger partial charge in [0.25, 0.3) is 0 Å². The molecule has 0 aliphatic carbocycles. The van der Waals surface area contributed by atoms with Crippen LogP contribution in [-0.2, 0) is 0 Å². The minimum absolute atomic E-state index is 0.709. The molecule has 0 bridgehead atoms. The van der Waals surface area contributed by atoms with Gasteiger partial charge in [-0.3, -0.25) is 4.40 Å². The van der Waals surface area contributed by atoms with Crippen LogP contribution < -0.4 is 10.6 Å². The van der Waals surface area contributed by atoms with Gasteiger partial charge in [0.05, 0.1) is 0 Å². The molecule has 3 aromatic rings. The first-order valence-electron chi connectivity index (χ1n) is 6.45. The summed E-state index contributed by atoms with van der Waals surface area (Å²) in [5.74, 6) is 0.806. The summed E-state index contributed by atoms with van der Waals surface area (Å²) < 4.78 is 1.94. The Hall–Kier alpha value is -2.56. The van der Waals surface area contributed by atoms with Gasteiger partial charge in [-0.25, -0.2) is 0 Å². The Kier molecular flexibility index (Phi) is 2.82. The summed E-state index contributed by atoms with van der Waals surface area (Å²) in [7, 11) is 4.04. The van der Waals surface area contributed by atoms with Crippen LogP contribution in [-0.4, -0.2) is 28.7 Å². The fourth-order valence-electron chi connectivity index (χ4n) is 2.29. The van der Waals surface area contributed by atoms with Gasteiger partial charge in [0.2, 0.25) is 0 Å². The molecule has 1 aromatic carbocycles. The van der Waals surface area contributed by atoms with Gasteiger partial charge < -0.3 is 10.6 Å². The van der Waals surface area contributed by atoms with E-state index in [1.54, 1.807) is 0 Å². The summed E-state index contributed by atoms with van der Waals surface area (Å²) in [4.78, 5) is 2.06. The smallest absolute Gasteiger partial charge is 0.168 e. The first-order chi connectivity index (χ1) is 9.56. The van der Waals surface area contributed by atoms with E-state index < -0.39 is 0 Å². The van der Waals surface area contributed by atoms with E-state index in [0.29, 0.717) is 5.69 Å². The molecule has 0 saturated heterocycles. The molecule has 0 amide bonds. The molecule has 0 fully saturated rings. The van der Waals surface area contributed by atoms with Crippen molar-refractivity contribution in [2.45, 2.75) is 6.92 Å². The van der Waals surface area contributed by atoms with Crippen LogP contribution in [0.5, 0.6) is 0 Å². The molecule has 0 unspecified atom stereocenters. The third kappa shape index (κ3) is 1.97. The zero-order chi connectivity index (χ0) is 14.3. The van der Waals surface area contributed by atoms with Gasteiger partial charge in [0.15, 0.2) is 11.5 Å². The lowest BCUT2D eigenvalue weighted by atomic mass is 10.2. The Balaban J connectivity index is 2.14. The Labute approximate surface area is 117 Å². The molecule has 5 nitrogen and oxygen atoms in total. The monoisotopic (exact) mass is 267 g/mol. The number of nitrogens with zero attached hydrogens (tertiary/aromatic N) is 4. The molecule has 102 valence electrons. The number of fused-ring (bicyclic) bond motifs is 1. The van der Waals surface area contributed by atoms with Crippen LogP contribution in [0.25, 0.3) is 17.0 Å². The first kappa shape index (κ1) is 12.5. The van der Waals surface area contributed by atoms with Crippen LogP contribution in [0, 0.1) is 6.92 Å². The van der Waals surface area contributed by atoms with Crippen molar-refractivity contribution in [2.24, 2.45) is 0 Å². The minimum Gasteiger partial charge on any atom is -0.398 e. The molecule has 3 rings (SSSR count). The second kappa shape index (κ2) is 4.52. The van der Waals surface area contributed by atoms with Gasteiger partial charge in [-0.1, -0.05) is 0 Å². The molecular formula is C15H17N5. The quantitative estimate of drug-likeness (QED) is 0.774. The number of nitrogen functional groups attached to an aromatic ring is 1. The van der Waals surface area contributed by atoms with Crippen molar-refractivity contribution in [3.63, 3.8) is 0 Å². The van der Waals surface area contributed by atoms with Gasteiger partial charge >= 0.3 is 0 Å².